The van der Waals surface area contributed by atoms with Crippen LogP contribution >= 0.6 is 0 Å². The van der Waals surface area contributed by atoms with Crippen molar-refractivity contribution in [2.45, 2.75) is 12.8 Å². The van der Waals surface area contributed by atoms with E-state index >= 15 is 0 Å². The van der Waals surface area contributed by atoms with Crippen LogP contribution in [-0.4, -0.2) is 30.8 Å². The van der Waals surface area contributed by atoms with Crippen LogP contribution < -0.4 is 5.73 Å². The van der Waals surface area contributed by atoms with Gasteiger partial charge < -0.3 is 15.3 Å². The van der Waals surface area contributed by atoms with Crippen molar-refractivity contribution in [2.24, 2.45) is 5.73 Å². The first-order valence-electron chi connectivity index (χ1n) is 3.80. The molecule has 0 saturated carbocycles. The minimum absolute atomic E-state index is 0.0210. The number of nitrogens with zero attached hydrogens (tertiary/aromatic N) is 1. The number of carbonyl (C=O) groups excluding carboxylic acids is 1. The van der Waals surface area contributed by atoms with Crippen molar-refractivity contribution < 1.29 is 19.5 Å². The van der Waals surface area contributed by atoms with E-state index in [1.165, 1.54) is 0 Å². The molecule has 0 unspecified atom stereocenters. The predicted octanol–water partition coefficient (Wildman–Crippen LogP) is -0.523. The molecule has 0 atom stereocenters. The van der Waals surface area contributed by atoms with Crippen molar-refractivity contribution >= 4 is 5.97 Å². The van der Waals surface area contributed by atoms with E-state index in [2.05, 4.69) is 9.57 Å². The average Bonchev–Trinajstić information content (AvgIpc) is 2.10. The number of unbranched alkanes of at least 4 members (excludes halogenated alkanes) is 1. The second-order valence-corrected chi connectivity index (χ2v) is 2.19. The maximum atomic E-state index is 10.5. The third kappa shape index (κ3) is 8.54. The van der Waals surface area contributed by atoms with E-state index in [1.54, 1.807) is 0 Å². The lowest BCUT2D eigenvalue weighted by molar-refractivity contribution is -0.757. The van der Waals surface area contributed by atoms with Gasteiger partial charge in [-0.3, -0.25) is 4.79 Å². The highest BCUT2D eigenvalue weighted by Crippen LogP contribution is 1.91. The molecule has 0 aliphatic rings. The topological polar surface area (TPSA) is 105 Å². The highest BCUT2D eigenvalue weighted by atomic mass is 16.9. The van der Waals surface area contributed by atoms with Crippen LogP contribution in [0.2, 0.25) is 0 Å². The molecule has 0 rings (SSSR count). The van der Waals surface area contributed by atoms with Crippen LogP contribution in [0.25, 0.3) is 0 Å². The Morgan fingerprint density at radius 1 is 1.38 bits per heavy atom. The Bertz CT molecular complexity index is 172. The van der Waals surface area contributed by atoms with Crippen LogP contribution in [0.3, 0.4) is 0 Å². The molecule has 0 bridgehead atoms. The first-order valence-corrected chi connectivity index (χ1v) is 3.80. The highest BCUT2D eigenvalue weighted by molar-refractivity contribution is 5.71. The fourth-order valence-electron chi connectivity index (χ4n) is 0.588. The van der Waals surface area contributed by atoms with Gasteiger partial charge in [0.05, 0.1) is 19.8 Å². The summed E-state index contributed by atoms with van der Waals surface area (Å²) >= 11 is 0. The first kappa shape index (κ1) is 11.6. The van der Waals surface area contributed by atoms with E-state index in [0.717, 1.165) is 0 Å². The lowest BCUT2D eigenvalue weighted by atomic mass is 10.3. The second-order valence-electron chi connectivity index (χ2n) is 2.19. The van der Waals surface area contributed by atoms with Gasteiger partial charge in [-0.05, 0) is 12.8 Å². The summed E-state index contributed by atoms with van der Waals surface area (Å²) in [6, 6.07) is 0. The van der Waals surface area contributed by atoms with E-state index < -0.39 is 11.1 Å². The van der Waals surface area contributed by atoms with Crippen LogP contribution in [0.4, 0.5) is 0 Å². The molecule has 0 aliphatic heterocycles. The zero-order valence-corrected chi connectivity index (χ0v) is 7.10. The Hall–Kier alpha value is -1.37. The van der Waals surface area contributed by atoms with Gasteiger partial charge in [-0.2, -0.15) is 0 Å². The Kier molecular flexibility index (Phi) is 6.52. The molecule has 0 aliphatic carbocycles. The summed E-state index contributed by atoms with van der Waals surface area (Å²) < 4.78 is 4.61. The van der Waals surface area contributed by atoms with E-state index in [1.807, 2.05) is 0 Å². The first-order chi connectivity index (χ1) is 6.16. The fourth-order valence-corrected chi connectivity index (χ4v) is 0.588. The fraction of sp³-hybridized carbons (Fsp3) is 0.833. The van der Waals surface area contributed by atoms with Gasteiger partial charge >= 0.3 is 5.97 Å². The normalized spacial score (nSPS) is 9.31. The maximum absolute atomic E-state index is 10.5. The Morgan fingerprint density at radius 3 is 2.54 bits per heavy atom. The van der Waals surface area contributed by atoms with Crippen molar-refractivity contribution in [1.29, 1.82) is 0 Å². The average molecular weight is 192 g/mol. The van der Waals surface area contributed by atoms with Crippen LogP contribution in [0.15, 0.2) is 0 Å². The molecule has 0 spiro atoms. The van der Waals surface area contributed by atoms with Gasteiger partial charge in [0.2, 0.25) is 0 Å². The SMILES string of the molecule is NCC(=O)OCCCCO[N+](=O)[O-]. The molecule has 76 valence electrons. The molecule has 0 aromatic rings. The van der Waals surface area contributed by atoms with Gasteiger partial charge in [0, 0.05) is 0 Å². The summed E-state index contributed by atoms with van der Waals surface area (Å²) in [5.74, 6) is -0.477. The van der Waals surface area contributed by atoms with Crippen molar-refractivity contribution in [2.75, 3.05) is 19.8 Å². The molecule has 2 N–H and O–H groups in total. The quantitative estimate of drug-likeness (QED) is 0.252. The Balaban J connectivity index is 3.08. The molecular formula is C6H12N2O5. The Labute approximate surface area is 74.9 Å². The molecule has 0 fully saturated rings. The van der Waals surface area contributed by atoms with Crippen LogP contribution in [0.1, 0.15) is 12.8 Å². The van der Waals surface area contributed by atoms with Gasteiger partial charge in [0.1, 0.15) is 0 Å². The standard InChI is InChI=1S/C6H12N2O5/c7-5-6(9)12-3-1-2-4-13-8(10)11/h1-5,7H2. The molecule has 0 saturated heterocycles. The number of hydrogen-bond donors (Lipinski definition) is 1. The summed E-state index contributed by atoms with van der Waals surface area (Å²) in [5, 5.41) is 8.81. The van der Waals surface area contributed by atoms with Gasteiger partial charge in [-0.1, -0.05) is 0 Å². The third-order valence-corrected chi connectivity index (χ3v) is 1.17. The third-order valence-electron chi connectivity index (χ3n) is 1.17. The van der Waals surface area contributed by atoms with E-state index in [4.69, 9.17) is 5.73 Å². The molecule has 0 aromatic carbocycles. The number of ether oxygens (including phenoxy) is 1. The molecular weight excluding hydrogens is 180 g/mol. The van der Waals surface area contributed by atoms with Gasteiger partial charge in [-0.15, -0.1) is 10.1 Å². The van der Waals surface area contributed by atoms with E-state index in [9.17, 15) is 14.9 Å². The summed E-state index contributed by atoms with van der Waals surface area (Å²) in [4.78, 5) is 24.2. The summed E-state index contributed by atoms with van der Waals surface area (Å²) in [6.45, 7) is 0.0929. The number of esters is 1. The van der Waals surface area contributed by atoms with E-state index in [-0.39, 0.29) is 19.8 Å². The Morgan fingerprint density at radius 2 is 2.00 bits per heavy atom. The summed E-state index contributed by atoms with van der Waals surface area (Å²) in [6.07, 6.45) is 0.998. The predicted molar refractivity (Wildman–Crippen MR) is 42.2 cm³/mol. The number of nitrogens with two attached hydrogens (primary N) is 1. The summed E-state index contributed by atoms with van der Waals surface area (Å²) in [7, 11) is 0. The number of hydrogen-bond acceptors (Lipinski definition) is 6. The van der Waals surface area contributed by atoms with Crippen molar-refractivity contribution in [3.8, 4) is 0 Å². The molecule has 7 heteroatoms. The van der Waals surface area contributed by atoms with Crippen LogP contribution in [0, 0.1) is 10.1 Å². The van der Waals surface area contributed by atoms with Gasteiger partial charge in [0.25, 0.3) is 5.09 Å². The minimum atomic E-state index is -0.855. The van der Waals surface area contributed by atoms with Gasteiger partial charge in [-0.25, -0.2) is 0 Å². The molecule has 0 heterocycles. The molecule has 0 amide bonds. The van der Waals surface area contributed by atoms with E-state index in [0.29, 0.717) is 12.8 Å². The molecule has 0 aromatic heterocycles. The minimum Gasteiger partial charge on any atom is -0.465 e. The monoisotopic (exact) mass is 192 g/mol. The zero-order valence-electron chi connectivity index (χ0n) is 7.10. The molecule has 0 radical (unpaired) electrons. The highest BCUT2D eigenvalue weighted by Gasteiger charge is 1.98. The van der Waals surface area contributed by atoms with Crippen LogP contribution in [-0.2, 0) is 14.4 Å². The number of rotatable bonds is 7. The maximum Gasteiger partial charge on any atom is 0.319 e. The van der Waals surface area contributed by atoms with Crippen LogP contribution in [0.5, 0.6) is 0 Å². The zero-order chi connectivity index (χ0) is 10.1. The largest absolute Gasteiger partial charge is 0.465 e. The van der Waals surface area contributed by atoms with Crippen molar-refractivity contribution in [3.63, 3.8) is 0 Å². The van der Waals surface area contributed by atoms with Gasteiger partial charge in [0.15, 0.2) is 0 Å². The smallest absolute Gasteiger partial charge is 0.319 e. The van der Waals surface area contributed by atoms with Crippen molar-refractivity contribution in [3.05, 3.63) is 10.1 Å². The second kappa shape index (κ2) is 7.29. The molecule has 7 nitrogen and oxygen atoms in total. The number of carbonyl (C=O) groups is 1. The lowest BCUT2D eigenvalue weighted by Gasteiger charge is -2.01. The molecule has 13 heavy (non-hydrogen) atoms. The summed E-state index contributed by atoms with van der Waals surface area (Å²) in [5.41, 5.74) is 4.96. The van der Waals surface area contributed by atoms with Crippen molar-refractivity contribution in [1.82, 2.24) is 0 Å². The lowest BCUT2D eigenvalue weighted by Crippen LogP contribution is -2.17.